The smallest absolute Gasteiger partial charge is 0.367 e. The first-order chi connectivity index (χ1) is 18.3. The molecule has 4 aromatic rings. The number of nitrogens with zero attached hydrogens (tertiary/aromatic N) is 2. The summed E-state index contributed by atoms with van der Waals surface area (Å²) in [6.45, 7) is -1.82. The van der Waals surface area contributed by atoms with E-state index in [0.717, 1.165) is 29.8 Å². The van der Waals surface area contributed by atoms with Crippen molar-refractivity contribution in [3.8, 4) is 0 Å². The van der Waals surface area contributed by atoms with Crippen LogP contribution in [0.5, 0.6) is 0 Å². The van der Waals surface area contributed by atoms with Crippen molar-refractivity contribution in [1.82, 2.24) is 9.55 Å². The predicted octanol–water partition coefficient (Wildman–Crippen LogP) is 6.55. The van der Waals surface area contributed by atoms with E-state index in [2.05, 4.69) is 4.98 Å². The number of fused-ring (bicyclic) bond motifs is 1. The van der Waals surface area contributed by atoms with E-state index in [0.29, 0.717) is 27.6 Å². The molecule has 4 rings (SSSR count). The molecule has 204 valence electrons. The van der Waals surface area contributed by atoms with E-state index in [1.54, 1.807) is 36.4 Å². The highest BCUT2D eigenvalue weighted by atomic mass is 32.2. The van der Waals surface area contributed by atoms with Crippen LogP contribution >= 0.6 is 11.8 Å². The number of hydrogen-bond acceptors (Lipinski definition) is 5. The first-order valence-electron chi connectivity index (χ1n) is 11.4. The SMILES string of the molecule is Cn1c(SCc2ccc(C(=O)c3ccc(C(F)(F)F)cc3)cc2)nc2cccc(COCC(F)(F)F)c2c1=O. The normalized spacial score (nSPS) is 12.2. The number of halogens is 6. The standard InChI is InChI=1S/C27H20F6N2O3S/c1-35-24(37)22-19(13-38-15-26(28,29)30)3-2-4-21(22)34-25(35)39-14-16-5-7-17(8-6-16)23(36)18-9-11-20(12-10-18)27(31,32)33/h2-12H,13-15H2,1H3. The third-order valence-corrected chi connectivity index (χ3v) is 6.83. The van der Waals surface area contributed by atoms with Gasteiger partial charge < -0.3 is 4.74 Å². The van der Waals surface area contributed by atoms with Crippen molar-refractivity contribution in [1.29, 1.82) is 0 Å². The monoisotopic (exact) mass is 566 g/mol. The van der Waals surface area contributed by atoms with Gasteiger partial charge in [-0.3, -0.25) is 14.2 Å². The number of thioether (sulfide) groups is 1. The van der Waals surface area contributed by atoms with Gasteiger partial charge in [-0.2, -0.15) is 26.3 Å². The zero-order valence-electron chi connectivity index (χ0n) is 20.3. The summed E-state index contributed by atoms with van der Waals surface area (Å²) in [6.07, 6.45) is -8.97. The topological polar surface area (TPSA) is 61.2 Å². The first-order valence-corrected chi connectivity index (χ1v) is 12.4. The van der Waals surface area contributed by atoms with Crippen LogP contribution in [-0.2, 0) is 30.3 Å². The highest BCUT2D eigenvalue weighted by Crippen LogP contribution is 2.29. The summed E-state index contributed by atoms with van der Waals surface area (Å²) in [7, 11) is 1.51. The second-order valence-corrected chi connectivity index (χ2v) is 9.51. The maximum Gasteiger partial charge on any atom is 0.416 e. The van der Waals surface area contributed by atoms with Crippen molar-refractivity contribution in [2.45, 2.75) is 29.9 Å². The summed E-state index contributed by atoms with van der Waals surface area (Å²) < 4.78 is 81.6. The highest BCUT2D eigenvalue weighted by molar-refractivity contribution is 7.98. The molecule has 0 atom stereocenters. The van der Waals surface area contributed by atoms with Crippen molar-refractivity contribution in [3.05, 3.63) is 105 Å². The van der Waals surface area contributed by atoms with Gasteiger partial charge >= 0.3 is 12.4 Å². The molecule has 1 aromatic heterocycles. The van der Waals surface area contributed by atoms with Gasteiger partial charge in [-0.05, 0) is 29.3 Å². The van der Waals surface area contributed by atoms with Crippen molar-refractivity contribution in [2.24, 2.45) is 7.05 Å². The van der Waals surface area contributed by atoms with Gasteiger partial charge in [0.1, 0.15) is 6.61 Å². The van der Waals surface area contributed by atoms with Gasteiger partial charge in [-0.1, -0.05) is 60.3 Å². The summed E-state index contributed by atoms with van der Waals surface area (Å²) in [5, 5.41) is 0.559. The number of alkyl halides is 6. The number of aromatic nitrogens is 2. The van der Waals surface area contributed by atoms with Crippen LogP contribution in [0.15, 0.2) is 76.7 Å². The van der Waals surface area contributed by atoms with Crippen molar-refractivity contribution < 1.29 is 35.9 Å². The van der Waals surface area contributed by atoms with Crippen LogP contribution in [0.3, 0.4) is 0 Å². The lowest BCUT2D eigenvalue weighted by Gasteiger charge is -2.12. The first kappa shape index (κ1) is 28.4. The molecule has 1 heterocycles. The van der Waals surface area contributed by atoms with Gasteiger partial charge in [-0.25, -0.2) is 4.98 Å². The zero-order chi connectivity index (χ0) is 28.4. The van der Waals surface area contributed by atoms with Crippen molar-refractivity contribution >= 4 is 28.4 Å². The minimum atomic E-state index is -4.49. The Balaban J connectivity index is 1.46. The Bertz CT molecular complexity index is 1550. The Kier molecular flexibility index (Phi) is 8.17. The van der Waals surface area contributed by atoms with E-state index in [-0.39, 0.29) is 10.9 Å². The molecular weight excluding hydrogens is 546 g/mol. The second kappa shape index (κ2) is 11.2. The van der Waals surface area contributed by atoms with Crippen LogP contribution in [-0.4, -0.2) is 28.1 Å². The minimum Gasteiger partial charge on any atom is -0.367 e. The number of ether oxygens (including phenoxy) is 1. The van der Waals surface area contributed by atoms with Gasteiger partial charge in [-0.15, -0.1) is 0 Å². The summed E-state index contributed by atoms with van der Waals surface area (Å²) >= 11 is 1.25. The van der Waals surface area contributed by atoms with Crippen LogP contribution in [0.25, 0.3) is 10.9 Å². The lowest BCUT2D eigenvalue weighted by molar-refractivity contribution is -0.176. The molecule has 5 nitrogen and oxygen atoms in total. The van der Waals surface area contributed by atoms with E-state index < -0.39 is 42.5 Å². The van der Waals surface area contributed by atoms with Gasteiger partial charge in [0, 0.05) is 23.9 Å². The fourth-order valence-electron chi connectivity index (χ4n) is 3.76. The molecule has 0 saturated carbocycles. The number of hydrogen-bond donors (Lipinski definition) is 0. The molecule has 0 saturated heterocycles. The molecule has 0 N–H and O–H groups in total. The Labute approximate surface area is 222 Å². The molecule has 39 heavy (non-hydrogen) atoms. The third kappa shape index (κ3) is 6.87. The predicted molar refractivity (Wildman–Crippen MR) is 134 cm³/mol. The second-order valence-electron chi connectivity index (χ2n) is 8.57. The Morgan fingerprint density at radius 1 is 0.923 bits per heavy atom. The molecule has 0 unspecified atom stereocenters. The van der Waals surface area contributed by atoms with Crippen LogP contribution in [0.1, 0.15) is 32.6 Å². The maximum atomic E-state index is 13.0. The summed E-state index contributed by atoms with van der Waals surface area (Å²) in [5.41, 5.74) is 0.595. The van der Waals surface area contributed by atoms with E-state index in [9.17, 15) is 35.9 Å². The van der Waals surface area contributed by atoms with Crippen molar-refractivity contribution in [3.63, 3.8) is 0 Å². The quantitative estimate of drug-likeness (QED) is 0.105. The van der Waals surface area contributed by atoms with Gasteiger partial charge in [0.05, 0.1) is 23.1 Å². The van der Waals surface area contributed by atoms with Crippen LogP contribution in [0, 0.1) is 0 Å². The van der Waals surface area contributed by atoms with Crippen molar-refractivity contribution in [2.75, 3.05) is 6.61 Å². The van der Waals surface area contributed by atoms with E-state index in [4.69, 9.17) is 4.74 Å². The molecule has 0 fully saturated rings. The number of carbonyl (C=O) groups excluding carboxylic acids is 1. The molecule has 0 amide bonds. The number of ketones is 1. The maximum absolute atomic E-state index is 13.0. The van der Waals surface area contributed by atoms with E-state index in [1.165, 1.54) is 29.4 Å². The third-order valence-electron chi connectivity index (χ3n) is 5.73. The molecule has 0 spiro atoms. The highest BCUT2D eigenvalue weighted by Gasteiger charge is 2.30. The Hall–Kier alpha value is -3.64. The largest absolute Gasteiger partial charge is 0.416 e. The number of carbonyl (C=O) groups is 1. The summed E-state index contributed by atoms with van der Waals surface area (Å²) in [6, 6.07) is 15.2. The minimum absolute atomic E-state index is 0.128. The summed E-state index contributed by atoms with van der Waals surface area (Å²) in [4.78, 5) is 30.1. The Morgan fingerprint density at radius 3 is 2.13 bits per heavy atom. The average Bonchev–Trinajstić information content (AvgIpc) is 2.88. The Morgan fingerprint density at radius 2 is 1.54 bits per heavy atom. The van der Waals surface area contributed by atoms with Crippen LogP contribution < -0.4 is 5.56 Å². The molecular formula is C27H20F6N2O3S. The lowest BCUT2D eigenvalue weighted by Crippen LogP contribution is -2.22. The summed E-state index contributed by atoms with van der Waals surface area (Å²) in [5.74, 6) is -0.0360. The molecule has 0 aliphatic heterocycles. The average molecular weight is 567 g/mol. The van der Waals surface area contributed by atoms with E-state index in [1.807, 2.05) is 0 Å². The number of rotatable bonds is 8. The number of benzene rings is 3. The van der Waals surface area contributed by atoms with Gasteiger partial charge in [0.15, 0.2) is 10.9 Å². The molecule has 3 aromatic carbocycles. The molecule has 0 aliphatic carbocycles. The van der Waals surface area contributed by atoms with Gasteiger partial charge in [0.2, 0.25) is 0 Å². The van der Waals surface area contributed by atoms with Crippen LogP contribution in [0.4, 0.5) is 26.3 Å². The zero-order valence-corrected chi connectivity index (χ0v) is 21.1. The molecule has 0 aliphatic rings. The fraction of sp³-hybridized carbons (Fsp3) is 0.222. The fourth-order valence-corrected chi connectivity index (χ4v) is 4.69. The van der Waals surface area contributed by atoms with Crippen LogP contribution in [0.2, 0.25) is 0 Å². The lowest BCUT2D eigenvalue weighted by atomic mass is 10.0. The molecule has 0 radical (unpaired) electrons. The molecule has 12 heteroatoms. The van der Waals surface area contributed by atoms with Gasteiger partial charge in [0.25, 0.3) is 5.56 Å². The molecule has 0 bridgehead atoms. The van der Waals surface area contributed by atoms with E-state index >= 15 is 0 Å².